The number of carbonyl (C=O) groups excluding carboxylic acids is 3. The lowest BCUT2D eigenvalue weighted by Gasteiger charge is -2.29. The van der Waals surface area contributed by atoms with Crippen LogP contribution >= 0.6 is 11.8 Å². The van der Waals surface area contributed by atoms with E-state index in [9.17, 15) is 18.8 Å². The molecule has 6 nitrogen and oxygen atoms in total. The SMILES string of the molecule is C[C@@H](OC(=O)[C@@]12CCC(=O)N1c1ccccc1S2)C(=O)Nc1ccccc1F. The monoisotopic (exact) mass is 400 g/mol. The molecule has 1 N–H and O–H groups in total. The second-order valence-electron chi connectivity index (χ2n) is 6.60. The normalized spacial score (nSPS) is 21.1. The molecule has 0 radical (unpaired) electrons. The van der Waals surface area contributed by atoms with Gasteiger partial charge in [-0.1, -0.05) is 36.0 Å². The smallest absolute Gasteiger partial charge is 0.344 e. The number of benzene rings is 2. The van der Waals surface area contributed by atoms with Crippen LogP contribution in [0, 0.1) is 5.82 Å². The highest BCUT2D eigenvalue weighted by Gasteiger charge is 2.58. The number of thioether (sulfide) groups is 1. The van der Waals surface area contributed by atoms with Gasteiger partial charge in [-0.15, -0.1) is 0 Å². The number of hydrogen-bond acceptors (Lipinski definition) is 5. The predicted molar refractivity (Wildman–Crippen MR) is 102 cm³/mol. The Balaban J connectivity index is 1.51. The largest absolute Gasteiger partial charge is 0.450 e. The number of nitrogens with one attached hydrogen (secondary N) is 1. The summed E-state index contributed by atoms with van der Waals surface area (Å²) >= 11 is 1.27. The molecule has 2 aromatic carbocycles. The van der Waals surface area contributed by atoms with E-state index in [0.29, 0.717) is 12.1 Å². The van der Waals surface area contributed by atoms with Crippen molar-refractivity contribution in [2.75, 3.05) is 10.2 Å². The number of esters is 1. The molecule has 1 saturated heterocycles. The molecule has 28 heavy (non-hydrogen) atoms. The summed E-state index contributed by atoms with van der Waals surface area (Å²) in [6.45, 7) is 1.42. The van der Waals surface area contributed by atoms with Crippen LogP contribution < -0.4 is 10.2 Å². The third-order valence-electron chi connectivity index (χ3n) is 4.78. The zero-order valence-corrected chi connectivity index (χ0v) is 15.8. The fourth-order valence-electron chi connectivity index (χ4n) is 3.38. The summed E-state index contributed by atoms with van der Waals surface area (Å²) in [5.74, 6) is -2.04. The third-order valence-corrected chi connectivity index (χ3v) is 6.23. The van der Waals surface area contributed by atoms with Crippen molar-refractivity contribution < 1.29 is 23.5 Å². The molecular formula is C20H17FN2O4S. The lowest BCUT2D eigenvalue weighted by atomic mass is 10.2. The minimum atomic E-state index is -1.20. The lowest BCUT2D eigenvalue weighted by molar-refractivity contribution is -0.155. The van der Waals surface area contributed by atoms with E-state index in [2.05, 4.69) is 5.32 Å². The molecule has 2 aliphatic heterocycles. The molecule has 4 rings (SSSR count). The number of nitrogens with zero attached hydrogens (tertiary/aromatic N) is 1. The van der Waals surface area contributed by atoms with E-state index in [1.165, 1.54) is 41.8 Å². The summed E-state index contributed by atoms with van der Waals surface area (Å²) in [6.07, 6.45) is -0.624. The van der Waals surface area contributed by atoms with Gasteiger partial charge in [0.2, 0.25) is 5.91 Å². The second-order valence-corrected chi connectivity index (χ2v) is 7.92. The standard InChI is InChI=1S/C20H17FN2O4S/c1-12(18(25)22-14-7-3-2-6-13(14)21)27-19(26)20-11-10-17(24)23(20)15-8-4-5-9-16(15)28-20/h2-9,12H,10-11H2,1H3,(H,22,25)/t12-,20+/m1/s1. The quantitative estimate of drug-likeness (QED) is 0.797. The van der Waals surface area contributed by atoms with Crippen LogP contribution in [0.15, 0.2) is 53.4 Å². The van der Waals surface area contributed by atoms with E-state index < -0.39 is 28.7 Å². The molecule has 2 aromatic rings. The maximum absolute atomic E-state index is 13.7. The number of hydrogen-bond donors (Lipinski definition) is 1. The van der Waals surface area contributed by atoms with Crippen molar-refractivity contribution in [2.24, 2.45) is 0 Å². The average Bonchev–Trinajstić information content (AvgIpc) is 3.19. The van der Waals surface area contributed by atoms with Gasteiger partial charge in [0.1, 0.15) is 5.82 Å². The fourth-order valence-corrected chi connectivity index (χ4v) is 4.78. The molecule has 0 aliphatic carbocycles. The van der Waals surface area contributed by atoms with Crippen molar-refractivity contribution in [1.82, 2.24) is 0 Å². The summed E-state index contributed by atoms with van der Waals surface area (Å²) in [4.78, 5) is 38.8. The van der Waals surface area contributed by atoms with Crippen LogP contribution in [0.2, 0.25) is 0 Å². The van der Waals surface area contributed by atoms with Crippen molar-refractivity contribution in [2.45, 2.75) is 35.6 Å². The number of carbonyl (C=O) groups is 3. The summed E-state index contributed by atoms with van der Waals surface area (Å²) in [6, 6.07) is 13.0. The Kier molecular flexibility index (Phi) is 4.58. The molecule has 2 amide bonds. The van der Waals surface area contributed by atoms with Gasteiger partial charge in [-0.2, -0.15) is 0 Å². The van der Waals surface area contributed by atoms with Crippen LogP contribution in [-0.4, -0.2) is 28.8 Å². The van der Waals surface area contributed by atoms with E-state index >= 15 is 0 Å². The highest BCUT2D eigenvalue weighted by atomic mass is 32.2. The van der Waals surface area contributed by atoms with Crippen LogP contribution in [0.1, 0.15) is 19.8 Å². The number of halogens is 1. The summed E-state index contributed by atoms with van der Waals surface area (Å²) < 4.78 is 19.1. The van der Waals surface area contributed by atoms with Crippen molar-refractivity contribution in [1.29, 1.82) is 0 Å². The molecule has 2 atom stereocenters. The van der Waals surface area contributed by atoms with Gasteiger partial charge in [0, 0.05) is 17.7 Å². The van der Waals surface area contributed by atoms with Crippen LogP contribution in [0.5, 0.6) is 0 Å². The second kappa shape index (κ2) is 6.94. The zero-order valence-electron chi connectivity index (χ0n) is 15.0. The molecular weight excluding hydrogens is 383 g/mol. The Morgan fingerprint density at radius 2 is 1.93 bits per heavy atom. The van der Waals surface area contributed by atoms with Crippen LogP contribution in [0.25, 0.3) is 0 Å². The van der Waals surface area contributed by atoms with Gasteiger partial charge >= 0.3 is 5.97 Å². The number of fused-ring (bicyclic) bond motifs is 3. The molecule has 0 bridgehead atoms. The third kappa shape index (κ3) is 2.93. The first-order chi connectivity index (χ1) is 13.4. The van der Waals surface area contributed by atoms with E-state index in [1.54, 1.807) is 18.2 Å². The minimum absolute atomic E-state index is 0.00822. The molecule has 0 unspecified atom stereocenters. The van der Waals surface area contributed by atoms with Gasteiger partial charge < -0.3 is 10.1 Å². The first kappa shape index (κ1) is 18.5. The molecule has 0 aromatic heterocycles. The summed E-state index contributed by atoms with van der Waals surface area (Å²) in [7, 11) is 0. The molecule has 2 heterocycles. The topological polar surface area (TPSA) is 75.7 Å². The van der Waals surface area contributed by atoms with E-state index in [4.69, 9.17) is 4.74 Å². The summed E-state index contributed by atoms with van der Waals surface area (Å²) in [5.41, 5.74) is 0.685. The molecule has 0 saturated carbocycles. The van der Waals surface area contributed by atoms with Gasteiger partial charge in [-0.25, -0.2) is 9.18 Å². The molecule has 2 aliphatic rings. The Morgan fingerprint density at radius 1 is 1.21 bits per heavy atom. The number of amides is 2. The first-order valence-corrected chi connectivity index (χ1v) is 9.61. The van der Waals surface area contributed by atoms with Gasteiger partial charge in [0.05, 0.1) is 11.4 Å². The zero-order chi connectivity index (χ0) is 19.9. The van der Waals surface area contributed by atoms with Gasteiger partial charge in [-0.3, -0.25) is 14.5 Å². The number of ether oxygens (including phenoxy) is 1. The molecule has 144 valence electrons. The highest BCUT2D eigenvalue weighted by molar-refractivity contribution is 8.02. The highest BCUT2D eigenvalue weighted by Crippen LogP contribution is 2.56. The van der Waals surface area contributed by atoms with Gasteiger partial charge in [0.25, 0.3) is 5.91 Å². The van der Waals surface area contributed by atoms with Crippen molar-refractivity contribution >= 4 is 40.9 Å². The Morgan fingerprint density at radius 3 is 2.71 bits per heavy atom. The van der Waals surface area contributed by atoms with Crippen molar-refractivity contribution in [3.05, 3.63) is 54.3 Å². The number of anilines is 2. The molecule has 0 spiro atoms. The fraction of sp³-hybridized carbons (Fsp3) is 0.250. The average molecular weight is 400 g/mol. The lowest BCUT2D eigenvalue weighted by Crippen LogP contribution is -2.49. The van der Waals surface area contributed by atoms with Crippen molar-refractivity contribution in [3.8, 4) is 0 Å². The van der Waals surface area contributed by atoms with Gasteiger partial charge in [-0.05, 0) is 31.2 Å². The van der Waals surface area contributed by atoms with E-state index in [1.807, 2.05) is 12.1 Å². The predicted octanol–water partition coefficient (Wildman–Crippen LogP) is 3.32. The van der Waals surface area contributed by atoms with Crippen LogP contribution in [0.3, 0.4) is 0 Å². The number of rotatable bonds is 4. The molecule has 8 heteroatoms. The maximum atomic E-state index is 13.7. The van der Waals surface area contributed by atoms with E-state index in [-0.39, 0.29) is 18.0 Å². The van der Waals surface area contributed by atoms with Crippen LogP contribution in [0.4, 0.5) is 15.8 Å². The first-order valence-electron chi connectivity index (χ1n) is 8.80. The number of para-hydroxylation sites is 2. The van der Waals surface area contributed by atoms with E-state index in [0.717, 1.165) is 4.90 Å². The maximum Gasteiger partial charge on any atom is 0.344 e. The minimum Gasteiger partial charge on any atom is -0.450 e. The van der Waals surface area contributed by atoms with Crippen LogP contribution in [-0.2, 0) is 19.1 Å². The van der Waals surface area contributed by atoms with Crippen molar-refractivity contribution in [3.63, 3.8) is 0 Å². The Bertz CT molecular complexity index is 982. The Hall–Kier alpha value is -2.87. The Labute approximate surface area is 165 Å². The van der Waals surface area contributed by atoms with Gasteiger partial charge in [0.15, 0.2) is 11.0 Å². The molecule has 1 fully saturated rings. The summed E-state index contributed by atoms with van der Waals surface area (Å²) in [5, 5.41) is 2.41.